The summed E-state index contributed by atoms with van der Waals surface area (Å²) in [6, 6.07) is 8.63. The Morgan fingerprint density at radius 3 is 2.67 bits per heavy atom. The number of hydrogen-bond acceptors (Lipinski definition) is 5. The van der Waals surface area contributed by atoms with Crippen LogP contribution in [-0.4, -0.2) is 17.2 Å². The van der Waals surface area contributed by atoms with E-state index < -0.39 is 11.2 Å². The number of nitrogens with zero attached hydrogens (tertiary/aromatic N) is 1. The minimum Gasteiger partial charge on any atom is -0.501 e. The van der Waals surface area contributed by atoms with E-state index in [1.54, 1.807) is 30.3 Å². The van der Waals surface area contributed by atoms with Gasteiger partial charge in [0.15, 0.2) is 16.9 Å². The van der Waals surface area contributed by atoms with Crippen LogP contribution in [0.4, 0.5) is 0 Å². The van der Waals surface area contributed by atoms with Gasteiger partial charge in [0.05, 0.1) is 13.3 Å². The lowest BCUT2D eigenvalue weighted by Gasteiger charge is -2.06. The first kappa shape index (κ1) is 13.6. The molecule has 1 N–H and O–H groups in total. The van der Waals surface area contributed by atoms with Crippen LogP contribution in [0.2, 0.25) is 0 Å². The second-order valence-corrected chi connectivity index (χ2v) is 5.25. The Hall–Kier alpha value is -2.34. The number of fused-ring (bicyclic) bond motifs is 1. The second-order valence-electron chi connectivity index (χ2n) is 4.34. The van der Waals surface area contributed by atoms with Crippen molar-refractivity contribution >= 4 is 27.0 Å². The summed E-state index contributed by atoms with van der Waals surface area (Å²) in [7, 11) is 1.50. The van der Waals surface area contributed by atoms with E-state index in [9.17, 15) is 9.90 Å². The Kier molecular flexibility index (Phi) is 3.39. The predicted molar refractivity (Wildman–Crippen MR) is 81.6 cm³/mol. The first-order chi connectivity index (χ1) is 10.1. The van der Waals surface area contributed by atoms with Crippen LogP contribution in [0.25, 0.3) is 22.4 Å². The maximum absolute atomic E-state index is 12.2. The van der Waals surface area contributed by atoms with Crippen LogP contribution in [0, 0.1) is 0 Å². The van der Waals surface area contributed by atoms with Crippen molar-refractivity contribution in [3.63, 3.8) is 0 Å². The summed E-state index contributed by atoms with van der Waals surface area (Å²) >= 11 is 3.33. The molecular formula is C15H10BrNO4. The molecule has 106 valence electrons. The quantitative estimate of drug-likeness (QED) is 0.769. The third kappa shape index (κ3) is 2.38. The van der Waals surface area contributed by atoms with Gasteiger partial charge < -0.3 is 14.3 Å². The molecule has 0 aliphatic rings. The maximum atomic E-state index is 12.2. The van der Waals surface area contributed by atoms with Crippen LogP contribution in [-0.2, 0) is 0 Å². The van der Waals surface area contributed by atoms with Crippen molar-refractivity contribution in [1.82, 2.24) is 4.98 Å². The third-order valence-electron chi connectivity index (χ3n) is 3.03. The molecule has 3 rings (SSSR count). The lowest BCUT2D eigenvalue weighted by molar-refractivity contribution is 0.411. The molecule has 3 aromatic rings. The van der Waals surface area contributed by atoms with Gasteiger partial charge in [0.1, 0.15) is 5.75 Å². The minimum atomic E-state index is -0.572. The molecule has 0 unspecified atom stereocenters. The van der Waals surface area contributed by atoms with E-state index in [-0.39, 0.29) is 16.9 Å². The lowest BCUT2D eigenvalue weighted by atomic mass is 10.1. The molecule has 0 saturated heterocycles. The number of pyridine rings is 1. The van der Waals surface area contributed by atoms with Gasteiger partial charge in [-0.05, 0) is 24.3 Å². The normalized spacial score (nSPS) is 10.8. The fraction of sp³-hybridized carbons (Fsp3) is 0.0667. The van der Waals surface area contributed by atoms with Crippen LogP contribution in [0.1, 0.15) is 0 Å². The molecule has 21 heavy (non-hydrogen) atoms. The Bertz CT molecular complexity index is 871. The van der Waals surface area contributed by atoms with Crippen LogP contribution in [0.3, 0.4) is 0 Å². The van der Waals surface area contributed by atoms with E-state index in [1.807, 2.05) is 0 Å². The van der Waals surface area contributed by atoms with Crippen molar-refractivity contribution in [2.75, 3.05) is 7.11 Å². The molecule has 0 radical (unpaired) electrons. The van der Waals surface area contributed by atoms with Crippen LogP contribution >= 0.6 is 15.9 Å². The van der Waals surface area contributed by atoms with Gasteiger partial charge >= 0.3 is 0 Å². The molecule has 0 bridgehead atoms. The number of aromatic nitrogens is 1. The molecule has 1 aromatic carbocycles. The van der Waals surface area contributed by atoms with Crippen molar-refractivity contribution in [3.8, 4) is 22.8 Å². The van der Waals surface area contributed by atoms with Gasteiger partial charge in [0, 0.05) is 16.1 Å². The molecule has 2 aromatic heterocycles. The summed E-state index contributed by atoms with van der Waals surface area (Å²) < 4.78 is 11.6. The molecule has 0 spiro atoms. The average molecular weight is 348 g/mol. The average Bonchev–Trinajstić information content (AvgIpc) is 2.51. The van der Waals surface area contributed by atoms with Gasteiger partial charge in [0.25, 0.3) is 5.43 Å². The zero-order valence-corrected chi connectivity index (χ0v) is 12.5. The second kappa shape index (κ2) is 5.21. The van der Waals surface area contributed by atoms with Crippen molar-refractivity contribution in [2.45, 2.75) is 0 Å². The highest BCUT2D eigenvalue weighted by Crippen LogP contribution is 2.31. The summed E-state index contributed by atoms with van der Waals surface area (Å²) in [4.78, 5) is 16.1. The number of benzene rings is 1. The Morgan fingerprint density at radius 2 is 2.00 bits per heavy atom. The topological polar surface area (TPSA) is 72.6 Å². The molecule has 0 saturated carbocycles. The van der Waals surface area contributed by atoms with Crippen molar-refractivity contribution in [1.29, 1.82) is 0 Å². The number of hydrogen-bond donors (Lipinski definition) is 1. The minimum absolute atomic E-state index is 0.0640. The lowest BCUT2D eigenvalue weighted by Crippen LogP contribution is -2.04. The summed E-state index contributed by atoms with van der Waals surface area (Å²) in [5, 5.41) is 10.1. The fourth-order valence-corrected chi connectivity index (χ4v) is 2.22. The monoisotopic (exact) mass is 347 g/mol. The van der Waals surface area contributed by atoms with Crippen LogP contribution in [0.5, 0.6) is 11.5 Å². The number of methoxy groups -OCH3 is 1. The maximum Gasteiger partial charge on any atom is 0.253 e. The highest BCUT2D eigenvalue weighted by molar-refractivity contribution is 9.10. The standard InChI is InChI=1S/C15H10BrNO4/c1-20-10-6-11-12(17-7-10)13(18)14(19)15(21-11)8-2-4-9(16)5-3-8/h2-7,19H,1H3. The molecule has 5 nitrogen and oxygen atoms in total. The predicted octanol–water partition coefficient (Wildman–Crippen LogP) is 3.33. The molecule has 0 atom stereocenters. The van der Waals surface area contributed by atoms with Crippen molar-refractivity contribution in [2.24, 2.45) is 0 Å². The number of ether oxygens (including phenoxy) is 1. The first-order valence-corrected chi connectivity index (χ1v) is 6.85. The SMILES string of the molecule is COc1cnc2c(=O)c(O)c(-c3ccc(Br)cc3)oc2c1. The summed E-state index contributed by atoms with van der Waals surface area (Å²) in [6.45, 7) is 0. The van der Waals surface area contributed by atoms with Crippen molar-refractivity contribution in [3.05, 3.63) is 51.2 Å². The van der Waals surface area contributed by atoms with Crippen molar-refractivity contribution < 1.29 is 14.3 Å². The summed E-state index contributed by atoms with van der Waals surface area (Å²) in [5.41, 5.74) is 0.346. The Labute approximate surface area is 127 Å². The molecule has 0 amide bonds. The molecular weight excluding hydrogens is 338 g/mol. The zero-order valence-electron chi connectivity index (χ0n) is 11.0. The molecule has 0 aliphatic carbocycles. The van der Waals surface area contributed by atoms with E-state index in [2.05, 4.69) is 20.9 Å². The van der Waals surface area contributed by atoms with E-state index in [0.717, 1.165) is 4.47 Å². The Balaban J connectivity index is 2.30. The van der Waals surface area contributed by atoms with E-state index in [1.165, 1.54) is 13.3 Å². The van der Waals surface area contributed by atoms with Crippen LogP contribution < -0.4 is 10.2 Å². The largest absolute Gasteiger partial charge is 0.501 e. The molecule has 0 fully saturated rings. The smallest absolute Gasteiger partial charge is 0.253 e. The molecule has 2 heterocycles. The summed E-state index contributed by atoms with van der Waals surface area (Å²) in [6.07, 6.45) is 1.40. The first-order valence-electron chi connectivity index (χ1n) is 6.06. The van der Waals surface area contributed by atoms with Gasteiger partial charge in [-0.15, -0.1) is 0 Å². The highest BCUT2D eigenvalue weighted by atomic mass is 79.9. The molecule has 0 aliphatic heterocycles. The van der Waals surface area contributed by atoms with E-state index >= 15 is 0 Å². The fourth-order valence-electron chi connectivity index (χ4n) is 1.96. The van der Waals surface area contributed by atoms with E-state index in [0.29, 0.717) is 11.3 Å². The van der Waals surface area contributed by atoms with Gasteiger partial charge in [-0.1, -0.05) is 15.9 Å². The number of aromatic hydroxyl groups is 1. The van der Waals surface area contributed by atoms with Crippen LogP contribution in [0.15, 0.2) is 50.2 Å². The van der Waals surface area contributed by atoms with Gasteiger partial charge in [-0.25, -0.2) is 4.98 Å². The third-order valence-corrected chi connectivity index (χ3v) is 3.56. The Morgan fingerprint density at radius 1 is 1.29 bits per heavy atom. The number of halogens is 1. The van der Waals surface area contributed by atoms with Gasteiger partial charge in [0.2, 0.25) is 5.75 Å². The summed E-state index contributed by atoms with van der Waals surface area (Å²) in [5.74, 6) is 0.121. The zero-order chi connectivity index (χ0) is 15.0. The molecule has 6 heteroatoms. The number of rotatable bonds is 2. The van der Waals surface area contributed by atoms with Gasteiger partial charge in [-0.3, -0.25) is 4.79 Å². The van der Waals surface area contributed by atoms with Gasteiger partial charge in [-0.2, -0.15) is 0 Å². The van der Waals surface area contributed by atoms with E-state index in [4.69, 9.17) is 9.15 Å². The highest BCUT2D eigenvalue weighted by Gasteiger charge is 2.16.